The molecule has 2 aromatic carbocycles. The number of rotatable bonds is 6. The van der Waals surface area contributed by atoms with Gasteiger partial charge in [0.15, 0.2) is 0 Å². The molecule has 0 radical (unpaired) electrons. The number of para-hydroxylation sites is 1. The van der Waals surface area contributed by atoms with E-state index in [-0.39, 0.29) is 11.5 Å². The molecule has 0 saturated carbocycles. The van der Waals surface area contributed by atoms with Gasteiger partial charge in [-0.1, -0.05) is 18.2 Å². The first kappa shape index (κ1) is 20.2. The van der Waals surface area contributed by atoms with Crippen LogP contribution in [0.2, 0.25) is 0 Å². The van der Waals surface area contributed by atoms with Crippen molar-refractivity contribution in [2.24, 2.45) is 5.73 Å². The molecule has 0 saturated heterocycles. The van der Waals surface area contributed by atoms with E-state index in [4.69, 9.17) is 24.7 Å². The predicted molar refractivity (Wildman–Crippen MR) is 114 cm³/mol. The van der Waals surface area contributed by atoms with Gasteiger partial charge < -0.3 is 24.7 Å². The fourth-order valence-corrected chi connectivity index (χ4v) is 3.78. The van der Waals surface area contributed by atoms with Crippen molar-refractivity contribution in [2.45, 2.75) is 12.8 Å². The molecule has 8 heteroatoms. The van der Waals surface area contributed by atoms with Gasteiger partial charge in [0.1, 0.15) is 28.9 Å². The number of hydrogen-bond donors (Lipinski definition) is 2. The van der Waals surface area contributed by atoms with Gasteiger partial charge in [-0.05, 0) is 31.2 Å². The molecule has 0 fully saturated rings. The molecular formula is C23H22N4O4. The first-order valence-electron chi connectivity index (χ1n) is 9.72. The number of ether oxygens (including phenoxy) is 4. The number of aromatic nitrogens is 2. The summed E-state index contributed by atoms with van der Waals surface area (Å²) in [7, 11) is 3.18. The molecule has 1 atom stereocenters. The van der Waals surface area contributed by atoms with E-state index in [1.807, 2.05) is 49.4 Å². The number of nitrogens with zero attached hydrogens (tertiary/aromatic N) is 2. The van der Waals surface area contributed by atoms with Gasteiger partial charge in [0.25, 0.3) is 0 Å². The Bertz CT molecular complexity index is 1190. The molecule has 4 rings (SSSR count). The molecule has 0 unspecified atom stereocenters. The minimum atomic E-state index is -0.541. The molecule has 1 aromatic heterocycles. The van der Waals surface area contributed by atoms with Gasteiger partial charge in [-0.15, -0.1) is 5.10 Å². The van der Waals surface area contributed by atoms with Crippen LogP contribution in [0.15, 0.2) is 53.9 Å². The average Bonchev–Trinajstić information content (AvgIpc) is 3.21. The number of nitrogens with two attached hydrogens (primary N) is 1. The van der Waals surface area contributed by atoms with Gasteiger partial charge in [-0.3, -0.25) is 5.10 Å². The van der Waals surface area contributed by atoms with Crippen LogP contribution in [0, 0.1) is 11.3 Å². The quantitative estimate of drug-likeness (QED) is 0.627. The van der Waals surface area contributed by atoms with Crippen LogP contribution in [0.1, 0.15) is 24.0 Å². The molecule has 31 heavy (non-hydrogen) atoms. The minimum absolute atomic E-state index is 0.0157. The Hall–Kier alpha value is -4.12. The third-order valence-electron chi connectivity index (χ3n) is 5.14. The lowest BCUT2D eigenvalue weighted by Crippen LogP contribution is -2.21. The summed E-state index contributed by atoms with van der Waals surface area (Å²) in [6, 6.07) is 15.2. The van der Waals surface area contributed by atoms with Crippen molar-refractivity contribution in [3.8, 4) is 40.5 Å². The minimum Gasteiger partial charge on any atom is -0.497 e. The Morgan fingerprint density at radius 3 is 2.68 bits per heavy atom. The molecule has 3 N–H and O–H groups in total. The number of methoxy groups -OCH3 is 2. The smallest absolute Gasteiger partial charge is 0.244 e. The largest absolute Gasteiger partial charge is 0.497 e. The topological polar surface area (TPSA) is 115 Å². The number of fused-ring (bicyclic) bond motifs is 1. The van der Waals surface area contributed by atoms with Gasteiger partial charge in [-0.2, -0.15) is 5.26 Å². The van der Waals surface area contributed by atoms with Crippen LogP contribution in [0.5, 0.6) is 23.1 Å². The van der Waals surface area contributed by atoms with Crippen molar-refractivity contribution in [1.82, 2.24) is 10.2 Å². The Labute approximate surface area is 179 Å². The molecule has 158 valence electrons. The summed E-state index contributed by atoms with van der Waals surface area (Å²) < 4.78 is 22.5. The highest BCUT2D eigenvalue weighted by Crippen LogP contribution is 2.49. The molecule has 0 bridgehead atoms. The lowest BCUT2D eigenvalue weighted by Gasteiger charge is -2.25. The maximum atomic E-state index is 9.94. The summed E-state index contributed by atoms with van der Waals surface area (Å²) in [5.41, 5.74) is 9.20. The summed E-state index contributed by atoms with van der Waals surface area (Å²) in [6.07, 6.45) is 0. The van der Waals surface area contributed by atoms with Gasteiger partial charge in [0.05, 0.1) is 38.0 Å². The van der Waals surface area contributed by atoms with E-state index in [9.17, 15) is 5.26 Å². The van der Waals surface area contributed by atoms with E-state index in [1.165, 1.54) is 0 Å². The number of H-pyrrole nitrogens is 1. The van der Waals surface area contributed by atoms with E-state index in [0.29, 0.717) is 41.0 Å². The van der Waals surface area contributed by atoms with Crippen LogP contribution in [0.25, 0.3) is 11.3 Å². The van der Waals surface area contributed by atoms with E-state index < -0.39 is 5.92 Å². The third kappa shape index (κ3) is 3.40. The fourth-order valence-electron chi connectivity index (χ4n) is 3.78. The zero-order chi connectivity index (χ0) is 22.0. The monoisotopic (exact) mass is 418 g/mol. The molecule has 2 heterocycles. The van der Waals surface area contributed by atoms with Crippen molar-refractivity contribution in [3.63, 3.8) is 0 Å². The molecule has 3 aromatic rings. The highest BCUT2D eigenvalue weighted by molar-refractivity contribution is 5.76. The Morgan fingerprint density at radius 1 is 1.16 bits per heavy atom. The number of benzene rings is 2. The van der Waals surface area contributed by atoms with Crippen molar-refractivity contribution in [1.29, 1.82) is 5.26 Å². The number of nitrogens with one attached hydrogen (secondary N) is 1. The van der Waals surface area contributed by atoms with Crippen molar-refractivity contribution in [2.75, 3.05) is 20.8 Å². The zero-order valence-electron chi connectivity index (χ0n) is 17.4. The van der Waals surface area contributed by atoms with Gasteiger partial charge in [0.2, 0.25) is 11.8 Å². The van der Waals surface area contributed by atoms with Crippen molar-refractivity contribution in [3.05, 3.63) is 65.0 Å². The molecule has 0 spiro atoms. The number of aromatic amines is 1. The molecular weight excluding hydrogens is 396 g/mol. The summed E-state index contributed by atoms with van der Waals surface area (Å²) in [5, 5.41) is 17.3. The van der Waals surface area contributed by atoms with Crippen molar-refractivity contribution >= 4 is 0 Å². The van der Waals surface area contributed by atoms with Crippen LogP contribution in [-0.4, -0.2) is 31.0 Å². The van der Waals surface area contributed by atoms with Crippen LogP contribution in [-0.2, 0) is 0 Å². The lowest BCUT2D eigenvalue weighted by atomic mass is 9.82. The summed E-state index contributed by atoms with van der Waals surface area (Å²) >= 11 is 0. The molecule has 8 nitrogen and oxygen atoms in total. The maximum Gasteiger partial charge on any atom is 0.244 e. The van der Waals surface area contributed by atoms with E-state index in [0.717, 1.165) is 11.1 Å². The highest BCUT2D eigenvalue weighted by atomic mass is 16.5. The first-order valence-corrected chi connectivity index (χ1v) is 9.72. The van der Waals surface area contributed by atoms with Crippen molar-refractivity contribution < 1.29 is 18.9 Å². The second-order valence-electron chi connectivity index (χ2n) is 6.78. The predicted octanol–water partition coefficient (Wildman–Crippen LogP) is 3.71. The molecule has 0 aliphatic carbocycles. The number of allylic oxidation sites excluding steroid dienone is 1. The Kier molecular flexibility index (Phi) is 5.41. The number of nitriles is 1. The van der Waals surface area contributed by atoms with Crippen LogP contribution < -0.4 is 24.7 Å². The number of hydrogen-bond acceptors (Lipinski definition) is 7. The molecule has 1 aliphatic rings. The Balaban J connectivity index is 1.99. The van der Waals surface area contributed by atoms with Crippen LogP contribution in [0.3, 0.4) is 0 Å². The van der Waals surface area contributed by atoms with Gasteiger partial charge in [-0.25, -0.2) is 0 Å². The normalized spacial score (nSPS) is 15.0. The standard InChI is InChI=1S/C23H22N4O4/c1-4-30-18-8-6-5-7-14(18)19-16(12-24)22(25)31-23-20(19)21(26-27-23)15-11-13(28-2)9-10-17(15)29-3/h5-11,19H,4,25H2,1-3H3,(H,26,27)/t19-/m1/s1. The maximum absolute atomic E-state index is 9.94. The summed E-state index contributed by atoms with van der Waals surface area (Å²) in [4.78, 5) is 0. The van der Waals surface area contributed by atoms with E-state index in [2.05, 4.69) is 16.3 Å². The fraction of sp³-hybridized carbons (Fsp3) is 0.217. The first-order chi connectivity index (χ1) is 15.1. The Morgan fingerprint density at radius 2 is 1.97 bits per heavy atom. The second kappa shape index (κ2) is 8.32. The van der Waals surface area contributed by atoms with Crippen LogP contribution in [0.4, 0.5) is 0 Å². The van der Waals surface area contributed by atoms with E-state index >= 15 is 0 Å². The second-order valence-corrected chi connectivity index (χ2v) is 6.78. The summed E-state index contributed by atoms with van der Waals surface area (Å²) in [6.45, 7) is 2.39. The average molecular weight is 418 g/mol. The third-order valence-corrected chi connectivity index (χ3v) is 5.14. The SMILES string of the molecule is CCOc1ccccc1[C@@H]1C(C#N)=C(N)Oc2n[nH]c(-c3cc(OC)ccc3OC)c21. The van der Waals surface area contributed by atoms with Gasteiger partial charge in [0, 0.05) is 11.1 Å². The van der Waals surface area contributed by atoms with Crippen LogP contribution >= 0.6 is 0 Å². The lowest BCUT2D eigenvalue weighted by molar-refractivity contribution is 0.334. The molecule has 1 aliphatic heterocycles. The summed E-state index contributed by atoms with van der Waals surface area (Å²) in [5.74, 6) is 1.70. The molecule has 0 amide bonds. The zero-order valence-corrected chi connectivity index (χ0v) is 17.4. The highest BCUT2D eigenvalue weighted by Gasteiger charge is 2.37. The van der Waals surface area contributed by atoms with Gasteiger partial charge >= 0.3 is 0 Å². The van der Waals surface area contributed by atoms with E-state index in [1.54, 1.807) is 14.2 Å².